The summed E-state index contributed by atoms with van der Waals surface area (Å²) in [6, 6.07) is 3.97. The smallest absolute Gasteiger partial charge is 0.260 e. The Morgan fingerprint density at radius 1 is 1.20 bits per heavy atom. The zero-order valence-corrected chi connectivity index (χ0v) is 15.0. The summed E-state index contributed by atoms with van der Waals surface area (Å²) in [7, 11) is 0. The van der Waals surface area contributed by atoms with Crippen LogP contribution in [0.15, 0.2) is 23.0 Å². The highest BCUT2D eigenvalue weighted by Gasteiger charge is 2.20. The van der Waals surface area contributed by atoms with E-state index in [4.69, 9.17) is 11.6 Å². The second kappa shape index (κ2) is 6.11. The lowest BCUT2D eigenvalue weighted by Crippen LogP contribution is -2.22. The van der Waals surface area contributed by atoms with Crippen LogP contribution in [-0.4, -0.2) is 19.6 Å². The van der Waals surface area contributed by atoms with Gasteiger partial charge in [0.1, 0.15) is 5.75 Å². The van der Waals surface area contributed by atoms with E-state index in [1.54, 1.807) is 0 Å². The highest BCUT2D eigenvalue weighted by atomic mass is 35.5. The van der Waals surface area contributed by atoms with E-state index in [9.17, 15) is 14.3 Å². The second-order valence-corrected chi connectivity index (χ2v) is 6.66. The van der Waals surface area contributed by atoms with Crippen molar-refractivity contribution in [1.82, 2.24) is 14.5 Å². The molecule has 0 amide bonds. The topological polar surface area (TPSA) is 68.0 Å². The monoisotopic (exact) mass is 361 g/mol. The average molecular weight is 362 g/mol. The van der Waals surface area contributed by atoms with Gasteiger partial charge in [-0.3, -0.25) is 14.3 Å². The van der Waals surface area contributed by atoms with Crippen LogP contribution >= 0.6 is 11.6 Å². The van der Waals surface area contributed by atoms with Crippen LogP contribution in [0.2, 0.25) is 5.15 Å². The first-order chi connectivity index (χ1) is 11.7. The fourth-order valence-corrected chi connectivity index (χ4v) is 3.08. The average Bonchev–Trinajstić information content (AvgIpc) is 2.50. The summed E-state index contributed by atoms with van der Waals surface area (Å²) in [5, 5.41) is 9.79. The highest BCUT2D eigenvalue weighted by Crippen LogP contribution is 2.30. The lowest BCUT2D eigenvalue weighted by atomic mass is 10.0. The molecule has 130 valence electrons. The highest BCUT2D eigenvalue weighted by molar-refractivity contribution is 6.30. The zero-order chi connectivity index (χ0) is 18.5. The first-order valence-electron chi connectivity index (χ1n) is 7.80. The van der Waals surface area contributed by atoms with E-state index in [-0.39, 0.29) is 27.9 Å². The van der Waals surface area contributed by atoms with Crippen molar-refractivity contribution in [3.63, 3.8) is 0 Å². The molecule has 0 aliphatic rings. The van der Waals surface area contributed by atoms with Crippen LogP contribution in [0.4, 0.5) is 4.39 Å². The molecule has 7 heteroatoms. The van der Waals surface area contributed by atoms with Gasteiger partial charge in [-0.1, -0.05) is 25.4 Å². The predicted octanol–water partition coefficient (Wildman–Crippen LogP) is 4.02. The molecule has 0 atom stereocenters. The van der Waals surface area contributed by atoms with Crippen LogP contribution in [0.25, 0.3) is 16.7 Å². The number of pyridine rings is 3. The normalized spacial score (nSPS) is 11.5. The molecule has 0 saturated heterocycles. The summed E-state index contributed by atoms with van der Waals surface area (Å²) in [6.45, 7) is 7.69. The van der Waals surface area contributed by atoms with E-state index in [0.717, 1.165) is 23.4 Å². The van der Waals surface area contributed by atoms with E-state index < -0.39 is 11.4 Å². The minimum atomic E-state index is -0.766. The van der Waals surface area contributed by atoms with Crippen LogP contribution in [0, 0.1) is 19.7 Å². The maximum absolute atomic E-state index is 13.8. The Hall–Kier alpha value is -2.47. The number of hydrogen-bond acceptors (Lipinski definition) is 4. The number of aryl methyl sites for hydroxylation is 2. The molecule has 0 radical (unpaired) electrons. The molecule has 5 nitrogen and oxygen atoms in total. The third-order valence-electron chi connectivity index (χ3n) is 3.99. The van der Waals surface area contributed by atoms with Crippen molar-refractivity contribution in [2.75, 3.05) is 0 Å². The number of fused-ring (bicyclic) bond motifs is 1. The third kappa shape index (κ3) is 2.87. The quantitative estimate of drug-likeness (QED) is 0.700. The minimum absolute atomic E-state index is 0.0419. The maximum Gasteiger partial charge on any atom is 0.260 e. The van der Waals surface area contributed by atoms with Crippen LogP contribution in [0.5, 0.6) is 5.75 Å². The van der Waals surface area contributed by atoms with Gasteiger partial charge in [0.05, 0.1) is 16.8 Å². The number of aromatic nitrogens is 3. The van der Waals surface area contributed by atoms with Crippen molar-refractivity contribution in [2.45, 2.75) is 33.6 Å². The largest absolute Gasteiger partial charge is 0.507 e. The summed E-state index contributed by atoms with van der Waals surface area (Å²) in [6.07, 6.45) is 0. The zero-order valence-electron chi connectivity index (χ0n) is 14.3. The Morgan fingerprint density at radius 3 is 2.52 bits per heavy atom. The summed E-state index contributed by atoms with van der Waals surface area (Å²) < 4.78 is 15.1. The van der Waals surface area contributed by atoms with Crippen molar-refractivity contribution in [1.29, 1.82) is 0 Å². The molecule has 0 aromatic carbocycles. The standard InChI is InChI=1S/C18H17ClFN3O2/c1-8(2)15-16(9(3)5-10(4)21-15)23-14(25)7-13(24)11-6-12(20)17(19)22-18(11)23/h5-8,24H,1-4H3. The Morgan fingerprint density at radius 2 is 1.88 bits per heavy atom. The molecule has 0 unspecified atom stereocenters. The molecular formula is C18H17ClFN3O2. The first kappa shape index (κ1) is 17.4. The third-order valence-corrected chi connectivity index (χ3v) is 4.26. The Balaban J connectivity index is 2.54. The molecule has 0 bridgehead atoms. The number of rotatable bonds is 2. The Labute approximate surface area is 148 Å². The van der Waals surface area contributed by atoms with Gasteiger partial charge in [0.25, 0.3) is 5.56 Å². The van der Waals surface area contributed by atoms with Gasteiger partial charge in [0, 0.05) is 11.8 Å². The number of nitrogens with zero attached hydrogens (tertiary/aromatic N) is 3. The SMILES string of the molecule is Cc1cc(C)c(-n2c(=O)cc(O)c3cc(F)c(Cl)nc32)c(C(C)C)n1. The molecule has 3 aromatic rings. The van der Waals surface area contributed by atoms with Crippen molar-refractivity contribution in [2.24, 2.45) is 0 Å². The molecule has 0 aliphatic heterocycles. The van der Waals surface area contributed by atoms with E-state index >= 15 is 0 Å². The number of halogens is 2. The summed E-state index contributed by atoms with van der Waals surface area (Å²) in [5.74, 6) is -1.07. The molecule has 25 heavy (non-hydrogen) atoms. The van der Waals surface area contributed by atoms with Crippen molar-refractivity contribution < 1.29 is 9.50 Å². The molecule has 0 spiro atoms. The van der Waals surface area contributed by atoms with E-state index in [2.05, 4.69) is 9.97 Å². The number of hydrogen-bond donors (Lipinski definition) is 1. The van der Waals surface area contributed by atoms with Crippen molar-refractivity contribution >= 4 is 22.6 Å². The van der Waals surface area contributed by atoms with Gasteiger partial charge in [-0.05, 0) is 37.5 Å². The van der Waals surface area contributed by atoms with Crippen LogP contribution in [0.3, 0.4) is 0 Å². The molecule has 0 aliphatic carbocycles. The lowest BCUT2D eigenvalue weighted by Gasteiger charge is -2.19. The lowest BCUT2D eigenvalue weighted by molar-refractivity contribution is 0.479. The van der Waals surface area contributed by atoms with Gasteiger partial charge in [-0.25, -0.2) is 9.37 Å². The van der Waals surface area contributed by atoms with Crippen LogP contribution < -0.4 is 5.56 Å². The fraction of sp³-hybridized carbons (Fsp3) is 0.278. The molecule has 1 N–H and O–H groups in total. The molecule has 0 saturated carbocycles. The van der Waals surface area contributed by atoms with Gasteiger partial charge in [0.15, 0.2) is 16.6 Å². The minimum Gasteiger partial charge on any atom is -0.507 e. The molecule has 3 rings (SSSR count). The van der Waals surface area contributed by atoms with Crippen molar-refractivity contribution in [3.05, 3.63) is 56.5 Å². The second-order valence-electron chi connectivity index (χ2n) is 6.30. The molecule has 3 aromatic heterocycles. The van der Waals surface area contributed by atoms with Gasteiger partial charge < -0.3 is 5.11 Å². The molecule has 0 fully saturated rings. The van der Waals surface area contributed by atoms with Gasteiger partial charge in [0.2, 0.25) is 0 Å². The van der Waals surface area contributed by atoms with Crippen LogP contribution in [-0.2, 0) is 0 Å². The molecule has 3 heterocycles. The Bertz CT molecular complexity index is 1060. The Kier molecular flexibility index (Phi) is 4.24. The maximum atomic E-state index is 13.8. The van der Waals surface area contributed by atoms with Crippen LogP contribution in [0.1, 0.15) is 36.7 Å². The summed E-state index contributed by atoms with van der Waals surface area (Å²) in [5.41, 5.74) is 2.55. The van der Waals surface area contributed by atoms with Gasteiger partial charge in [-0.15, -0.1) is 0 Å². The van der Waals surface area contributed by atoms with Crippen molar-refractivity contribution in [3.8, 4) is 11.4 Å². The summed E-state index contributed by atoms with van der Waals surface area (Å²) >= 11 is 5.82. The van der Waals surface area contributed by atoms with Gasteiger partial charge in [-0.2, -0.15) is 0 Å². The predicted molar refractivity (Wildman–Crippen MR) is 95.3 cm³/mol. The molecular weight excluding hydrogens is 345 g/mol. The summed E-state index contributed by atoms with van der Waals surface area (Å²) in [4.78, 5) is 21.2. The number of aromatic hydroxyl groups is 1. The fourth-order valence-electron chi connectivity index (χ4n) is 2.95. The van der Waals surface area contributed by atoms with E-state index in [0.29, 0.717) is 11.4 Å². The first-order valence-corrected chi connectivity index (χ1v) is 8.17. The van der Waals surface area contributed by atoms with Gasteiger partial charge >= 0.3 is 0 Å². The van der Waals surface area contributed by atoms with E-state index in [1.807, 2.05) is 33.8 Å². The van der Waals surface area contributed by atoms with E-state index in [1.165, 1.54) is 4.57 Å².